The van der Waals surface area contributed by atoms with Crippen molar-refractivity contribution in [1.29, 1.82) is 0 Å². The average Bonchev–Trinajstić information content (AvgIpc) is 2.72. The predicted octanol–water partition coefficient (Wildman–Crippen LogP) is 4.68. The van der Waals surface area contributed by atoms with E-state index in [1.54, 1.807) is 7.11 Å². The van der Waals surface area contributed by atoms with Crippen LogP contribution in [-0.2, 0) is 4.79 Å². The van der Waals surface area contributed by atoms with Gasteiger partial charge in [-0.05, 0) is 71.3 Å². The van der Waals surface area contributed by atoms with Gasteiger partial charge in [-0.25, -0.2) is 0 Å². The van der Waals surface area contributed by atoms with Gasteiger partial charge in [-0.3, -0.25) is 4.79 Å². The van der Waals surface area contributed by atoms with E-state index in [0.29, 0.717) is 34.5 Å². The summed E-state index contributed by atoms with van der Waals surface area (Å²) >= 11 is 8.93. The number of hydrogen-bond acceptors (Lipinski definition) is 4. The second kappa shape index (κ2) is 9.95. The molecule has 158 valence electrons. The summed E-state index contributed by atoms with van der Waals surface area (Å²) < 4.78 is 12.1. The van der Waals surface area contributed by atoms with Gasteiger partial charge >= 0.3 is 0 Å². The van der Waals surface area contributed by atoms with Crippen molar-refractivity contribution < 1.29 is 14.3 Å². The standard InChI is InChI=1S/C22H24BrN3O3S/c1-4-10-29-20-16(23)11-14(12-17(20)28-3)19-18(13(2)24-22(30)26-19)21(27)25-15-8-6-5-7-9-15/h5-9,11-12,19H,4,10H2,1-3H3,(H,25,27)(H2,24,26,30)/t19-/m0/s1. The Kier molecular flexibility index (Phi) is 7.33. The van der Waals surface area contributed by atoms with Crippen molar-refractivity contribution in [1.82, 2.24) is 10.6 Å². The lowest BCUT2D eigenvalue weighted by atomic mass is 9.94. The highest BCUT2D eigenvalue weighted by Crippen LogP contribution is 2.40. The lowest BCUT2D eigenvalue weighted by Crippen LogP contribution is -2.45. The van der Waals surface area contributed by atoms with E-state index in [9.17, 15) is 4.79 Å². The summed E-state index contributed by atoms with van der Waals surface area (Å²) in [7, 11) is 1.59. The third-order valence-corrected chi connectivity index (χ3v) is 5.39. The minimum atomic E-state index is -0.451. The summed E-state index contributed by atoms with van der Waals surface area (Å²) in [4.78, 5) is 13.2. The summed E-state index contributed by atoms with van der Waals surface area (Å²) in [6.45, 7) is 4.46. The molecule has 0 radical (unpaired) electrons. The second-order valence-corrected chi connectivity index (χ2v) is 8.04. The van der Waals surface area contributed by atoms with Crippen LogP contribution in [0.1, 0.15) is 31.9 Å². The summed E-state index contributed by atoms with van der Waals surface area (Å²) in [5, 5.41) is 9.66. The van der Waals surface area contributed by atoms with Crippen molar-refractivity contribution in [3.8, 4) is 11.5 Å². The van der Waals surface area contributed by atoms with E-state index in [1.165, 1.54) is 0 Å². The molecular weight excluding hydrogens is 466 g/mol. The number of allylic oxidation sites excluding steroid dienone is 1. The van der Waals surface area contributed by atoms with Gasteiger partial charge in [0.2, 0.25) is 0 Å². The monoisotopic (exact) mass is 489 g/mol. The molecule has 0 saturated carbocycles. The Morgan fingerprint density at radius 3 is 2.67 bits per heavy atom. The number of para-hydroxylation sites is 1. The van der Waals surface area contributed by atoms with Gasteiger partial charge in [-0.2, -0.15) is 0 Å². The molecule has 0 aliphatic carbocycles. The van der Waals surface area contributed by atoms with E-state index in [0.717, 1.165) is 22.1 Å². The first-order chi connectivity index (χ1) is 14.4. The van der Waals surface area contributed by atoms with Crippen molar-refractivity contribution in [3.63, 3.8) is 0 Å². The number of carbonyl (C=O) groups is 1. The van der Waals surface area contributed by atoms with Crippen LogP contribution in [0.25, 0.3) is 0 Å². The quantitative estimate of drug-likeness (QED) is 0.490. The second-order valence-electron chi connectivity index (χ2n) is 6.77. The molecule has 0 spiro atoms. The lowest BCUT2D eigenvalue weighted by molar-refractivity contribution is -0.113. The molecule has 1 aliphatic rings. The van der Waals surface area contributed by atoms with Gasteiger partial charge in [0.25, 0.3) is 5.91 Å². The summed E-state index contributed by atoms with van der Waals surface area (Å²) in [6, 6.07) is 12.7. The zero-order valence-electron chi connectivity index (χ0n) is 17.0. The first kappa shape index (κ1) is 22.1. The molecule has 1 aliphatic heterocycles. The Morgan fingerprint density at radius 1 is 1.27 bits per heavy atom. The van der Waals surface area contributed by atoms with Crippen LogP contribution in [0.2, 0.25) is 0 Å². The van der Waals surface area contributed by atoms with Crippen molar-refractivity contribution >= 4 is 44.9 Å². The van der Waals surface area contributed by atoms with Crippen molar-refractivity contribution in [2.24, 2.45) is 0 Å². The maximum Gasteiger partial charge on any atom is 0.255 e. The first-order valence-corrected chi connectivity index (χ1v) is 10.8. The normalized spacial score (nSPS) is 15.9. The number of carbonyl (C=O) groups excluding carboxylic acids is 1. The highest BCUT2D eigenvalue weighted by atomic mass is 79.9. The average molecular weight is 490 g/mol. The number of nitrogens with one attached hydrogen (secondary N) is 3. The van der Waals surface area contributed by atoms with Crippen LogP contribution in [0.5, 0.6) is 11.5 Å². The molecule has 30 heavy (non-hydrogen) atoms. The molecule has 8 heteroatoms. The van der Waals surface area contributed by atoms with Gasteiger partial charge in [0, 0.05) is 11.4 Å². The van der Waals surface area contributed by atoms with Crippen molar-refractivity contribution in [3.05, 3.63) is 63.8 Å². The fourth-order valence-electron chi connectivity index (χ4n) is 3.22. The van der Waals surface area contributed by atoms with Crippen LogP contribution in [0.15, 0.2) is 58.2 Å². The molecule has 0 unspecified atom stereocenters. The Bertz CT molecular complexity index is 979. The zero-order valence-corrected chi connectivity index (χ0v) is 19.4. The number of hydrogen-bond donors (Lipinski definition) is 3. The van der Waals surface area contributed by atoms with Crippen molar-refractivity contribution in [2.75, 3.05) is 19.0 Å². The molecule has 0 aromatic heterocycles. The van der Waals surface area contributed by atoms with Gasteiger partial charge in [0.05, 0.1) is 29.8 Å². The number of amides is 1. The largest absolute Gasteiger partial charge is 0.493 e. The van der Waals surface area contributed by atoms with Gasteiger partial charge in [0.1, 0.15) is 0 Å². The van der Waals surface area contributed by atoms with Crippen LogP contribution >= 0.6 is 28.1 Å². The van der Waals surface area contributed by atoms with E-state index >= 15 is 0 Å². The van der Waals surface area contributed by atoms with Gasteiger partial charge in [0.15, 0.2) is 16.6 Å². The third kappa shape index (κ3) is 4.94. The molecule has 1 amide bonds. The lowest BCUT2D eigenvalue weighted by Gasteiger charge is -2.31. The molecule has 2 aromatic carbocycles. The Morgan fingerprint density at radius 2 is 2.00 bits per heavy atom. The number of rotatable bonds is 7. The van der Waals surface area contributed by atoms with Crippen LogP contribution < -0.4 is 25.4 Å². The topological polar surface area (TPSA) is 71.6 Å². The Labute approximate surface area is 190 Å². The number of ether oxygens (including phenoxy) is 2. The number of methoxy groups -OCH3 is 1. The molecule has 3 N–H and O–H groups in total. The minimum absolute atomic E-state index is 0.215. The Hall–Kier alpha value is -2.58. The van der Waals surface area contributed by atoms with Crippen LogP contribution in [0, 0.1) is 0 Å². The highest BCUT2D eigenvalue weighted by molar-refractivity contribution is 9.10. The van der Waals surface area contributed by atoms with Crippen molar-refractivity contribution in [2.45, 2.75) is 26.3 Å². The summed E-state index contributed by atoms with van der Waals surface area (Å²) in [5.74, 6) is 1.00. The number of thiocarbonyl (C=S) groups is 1. The maximum atomic E-state index is 13.2. The first-order valence-electron chi connectivity index (χ1n) is 9.59. The number of halogens is 1. The molecule has 3 rings (SSSR count). The highest BCUT2D eigenvalue weighted by Gasteiger charge is 2.31. The van der Waals surface area contributed by atoms with Crippen LogP contribution in [-0.4, -0.2) is 24.7 Å². The zero-order chi connectivity index (χ0) is 21.7. The van der Waals surface area contributed by atoms with E-state index in [-0.39, 0.29) is 5.91 Å². The maximum absolute atomic E-state index is 13.2. The van der Waals surface area contributed by atoms with E-state index in [2.05, 4.69) is 31.9 Å². The van der Waals surface area contributed by atoms with Crippen LogP contribution in [0.3, 0.4) is 0 Å². The molecule has 1 heterocycles. The smallest absolute Gasteiger partial charge is 0.255 e. The molecule has 0 saturated heterocycles. The SMILES string of the molecule is CCCOc1c(Br)cc([C@@H]2NC(=S)NC(C)=C2C(=O)Nc2ccccc2)cc1OC. The van der Waals surface area contributed by atoms with E-state index in [1.807, 2.05) is 56.3 Å². The molecule has 1 atom stereocenters. The van der Waals surface area contributed by atoms with E-state index in [4.69, 9.17) is 21.7 Å². The number of anilines is 1. The van der Waals surface area contributed by atoms with Gasteiger partial charge in [-0.15, -0.1) is 0 Å². The fraction of sp³-hybridized carbons (Fsp3) is 0.273. The Balaban J connectivity index is 1.99. The van der Waals surface area contributed by atoms with Gasteiger partial charge in [-0.1, -0.05) is 25.1 Å². The molecular formula is C22H24BrN3O3S. The summed E-state index contributed by atoms with van der Waals surface area (Å²) in [6.07, 6.45) is 0.882. The fourth-order valence-corrected chi connectivity index (χ4v) is 4.06. The van der Waals surface area contributed by atoms with Crippen LogP contribution in [0.4, 0.5) is 5.69 Å². The molecule has 6 nitrogen and oxygen atoms in total. The third-order valence-electron chi connectivity index (χ3n) is 4.58. The van der Waals surface area contributed by atoms with E-state index < -0.39 is 6.04 Å². The molecule has 0 fully saturated rings. The summed E-state index contributed by atoms with van der Waals surface area (Å²) in [5.41, 5.74) is 2.78. The molecule has 2 aromatic rings. The minimum Gasteiger partial charge on any atom is -0.493 e. The predicted molar refractivity (Wildman–Crippen MR) is 126 cm³/mol. The number of benzene rings is 2. The van der Waals surface area contributed by atoms with Gasteiger partial charge < -0.3 is 25.4 Å². The molecule has 0 bridgehead atoms.